The fourth-order valence-electron chi connectivity index (χ4n) is 0.821. The van der Waals surface area contributed by atoms with E-state index in [9.17, 15) is 14.0 Å². The third-order valence-corrected chi connectivity index (χ3v) is 1.48. The van der Waals surface area contributed by atoms with Gasteiger partial charge in [-0.3, -0.25) is 0 Å². The number of carboxylic acids is 1. The predicted molar refractivity (Wildman–Crippen MR) is 54.6 cm³/mol. The molecular formula is C9H16FNO6. The maximum atomic E-state index is 11.6. The highest BCUT2D eigenvalue weighted by Crippen LogP contribution is 1.81. The van der Waals surface area contributed by atoms with Crippen molar-refractivity contribution in [3.8, 4) is 0 Å². The molecule has 2 N–H and O–H groups in total. The first-order valence-corrected chi connectivity index (χ1v) is 5.01. The predicted octanol–water partition coefficient (Wildman–Crippen LogP) is -0.200. The van der Waals surface area contributed by atoms with Gasteiger partial charge in [0.1, 0.15) is 6.61 Å². The van der Waals surface area contributed by atoms with Gasteiger partial charge in [0, 0.05) is 6.54 Å². The van der Waals surface area contributed by atoms with Gasteiger partial charge in [-0.25, -0.2) is 9.59 Å². The summed E-state index contributed by atoms with van der Waals surface area (Å²) in [7, 11) is 0. The van der Waals surface area contributed by atoms with Gasteiger partial charge in [-0.1, -0.05) is 0 Å². The van der Waals surface area contributed by atoms with Gasteiger partial charge in [0.05, 0.1) is 33.0 Å². The van der Waals surface area contributed by atoms with Crippen LogP contribution in [0.3, 0.4) is 0 Å². The van der Waals surface area contributed by atoms with Crippen LogP contribution in [0.4, 0.5) is 9.18 Å². The number of halogens is 1. The second-order valence-electron chi connectivity index (χ2n) is 2.87. The molecule has 0 radical (unpaired) electrons. The Hall–Kier alpha value is -1.25. The number of aliphatic carboxylic acids is 1. The van der Waals surface area contributed by atoms with Gasteiger partial charge >= 0.3 is 12.1 Å². The van der Waals surface area contributed by atoms with Gasteiger partial charge in [-0.2, -0.15) is 0 Å². The van der Waals surface area contributed by atoms with E-state index in [4.69, 9.17) is 19.3 Å². The first kappa shape index (κ1) is 15.8. The SMILES string of the molecule is O=C(O)COCCOCCOCCNC(=O)F. The number of ether oxygens (including phenoxy) is 3. The van der Waals surface area contributed by atoms with Crippen molar-refractivity contribution in [2.45, 2.75) is 0 Å². The summed E-state index contributed by atoms with van der Waals surface area (Å²) in [5, 5.41) is 10.2. The molecule has 8 heteroatoms. The fraction of sp³-hybridized carbons (Fsp3) is 0.778. The van der Waals surface area contributed by atoms with Gasteiger partial charge in [0.25, 0.3) is 0 Å². The van der Waals surface area contributed by atoms with E-state index in [1.807, 2.05) is 5.32 Å². The lowest BCUT2D eigenvalue weighted by molar-refractivity contribution is -0.142. The van der Waals surface area contributed by atoms with Gasteiger partial charge in [-0.15, -0.1) is 4.39 Å². The first-order chi connectivity index (χ1) is 8.13. The van der Waals surface area contributed by atoms with E-state index in [1.54, 1.807) is 0 Å². The van der Waals surface area contributed by atoms with Crippen molar-refractivity contribution >= 4 is 12.1 Å². The largest absolute Gasteiger partial charge is 0.480 e. The molecule has 100 valence electrons. The molecule has 0 unspecified atom stereocenters. The summed E-state index contributed by atoms with van der Waals surface area (Å²) in [5.74, 6) is -1.02. The molecular weight excluding hydrogens is 237 g/mol. The molecule has 0 aliphatic rings. The molecule has 0 aromatic carbocycles. The molecule has 0 aromatic rings. The highest BCUT2D eigenvalue weighted by atomic mass is 19.1. The standard InChI is InChI=1S/C9H16FNO6/c10-9(14)11-1-2-15-3-4-16-5-6-17-7-8(12)13/h1-7H2,(H,11,14)(H,12,13). The summed E-state index contributed by atoms with van der Waals surface area (Å²) < 4.78 is 26.4. The lowest BCUT2D eigenvalue weighted by atomic mass is 10.6. The fourth-order valence-corrected chi connectivity index (χ4v) is 0.821. The molecule has 0 bridgehead atoms. The number of carbonyl (C=O) groups excluding carboxylic acids is 1. The number of nitrogens with one attached hydrogen (secondary N) is 1. The molecule has 1 amide bonds. The summed E-state index contributed by atoms with van der Waals surface area (Å²) in [4.78, 5) is 19.9. The number of carboxylic acid groups (broad SMARTS) is 1. The van der Waals surface area contributed by atoms with Crippen LogP contribution >= 0.6 is 0 Å². The number of hydrogen-bond acceptors (Lipinski definition) is 5. The van der Waals surface area contributed by atoms with E-state index < -0.39 is 12.1 Å². The molecule has 0 aliphatic carbocycles. The molecule has 0 rings (SSSR count). The summed E-state index contributed by atoms with van der Waals surface area (Å²) in [6.45, 7) is 1.07. The van der Waals surface area contributed by atoms with Crippen molar-refractivity contribution in [2.75, 3.05) is 46.2 Å². The normalized spacial score (nSPS) is 10.2. The molecule has 0 fully saturated rings. The minimum absolute atomic E-state index is 0.108. The van der Waals surface area contributed by atoms with Crippen LogP contribution in [-0.2, 0) is 19.0 Å². The van der Waals surface area contributed by atoms with Crippen LogP contribution in [0, 0.1) is 0 Å². The highest BCUT2D eigenvalue weighted by Gasteiger charge is 1.96. The smallest absolute Gasteiger partial charge is 0.397 e. The maximum absolute atomic E-state index is 11.6. The van der Waals surface area contributed by atoms with Crippen molar-refractivity contribution in [1.29, 1.82) is 0 Å². The van der Waals surface area contributed by atoms with E-state index in [2.05, 4.69) is 0 Å². The Morgan fingerprint density at radius 1 is 1.00 bits per heavy atom. The molecule has 0 saturated carbocycles. The van der Waals surface area contributed by atoms with Gasteiger partial charge in [-0.05, 0) is 0 Å². The minimum Gasteiger partial charge on any atom is -0.480 e. The zero-order valence-electron chi connectivity index (χ0n) is 9.32. The molecule has 7 nitrogen and oxygen atoms in total. The van der Waals surface area contributed by atoms with Gasteiger partial charge < -0.3 is 24.6 Å². The van der Waals surface area contributed by atoms with Gasteiger partial charge in [0.15, 0.2) is 0 Å². The summed E-state index contributed by atoms with van der Waals surface area (Å²) >= 11 is 0. The topological polar surface area (TPSA) is 94.1 Å². The van der Waals surface area contributed by atoms with Crippen molar-refractivity contribution in [3.05, 3.63) is 0 Å². The van der Waals surface area contributed by atoms with Crippen molar-refractivity contribution in [1.82, 2.24) is 5.32 Å². The first-order valence-electron chi connectivity index (χ1n) is 5.01. The second kappa shape index (κ2) is 11.2. The Balaban J connectivity index is 2.98. The lowest BCUT2D eigenvalue weighted by Crippen LogP contribution is -2.23. The average molecular weight is 253 g/mol. The Kier molecular flexibility index (Phi) is 10.4. The van der Waals surface area contributed by atoms with E-state index in [0.717, 1.165) is 0 Å². The number of amides is 1. The van der Waals surface area contributed by atoms with Crippen LogP contribution in [0.1, 0.15) is 0 Å². The quantitative estimate of drug-likeness (QED) is 0.301. The molecule has 0 atom stereocenters. The average Bonchev–Trinajstić information content (AvgIpc) is 2.25. The summed E-state index contributed by atoms with van der Waals surface area (Å²) in [5.41, 5.74) is 0. The zero-order chi connectivity index (χ0) is 12.9. The van der Waals surface area contributed by atoms with Crippen LogP contribution in [0.15, 0.2) is 0 Å². The zero-order valence-corrected chi connectivity index (χ0v) is 9.32. The number of hydrogen-bond donors (Lipinski definition) is 2. The summed E-state index contributed by atoms with van der Waals surface area (Å²) in [6, 6.07) is 0. The second-order valence-corrected chi connectivity index (χ2v) is 2.87. The monoisotopic (exact) mass is 253 g/mol. The van der Waals surface area contributed by atoms with Crippen molar-refractivity contribution < 1.29 is 33.3 Å². The van der Waals surface area contributed by atoms with E-state index in [0.29, 0.717) is 13.2 Å². The Labute approximate surface area is 97.8 Å². The molecule has 0 aromatic heterocycles. The van der Waals surface area contributed by atoms with Crippen LogP contribution in [-0.4, -0.2) is 63.4 Å². The van der Waals surface area contributed by atoms with Crippen LogP contribution in [0.2, 0.25) is 0 Å². The lowest BCUT2D eigenvalue weighted by Gasteiger charge is -2.05. The highest BCUT2D eigenvalue weighted by molar-refractivity contribution is 5.67. The van der Waals surface area contributed by atoms with Crippen LogP contribution in [0.25, 0.3) is 0 Å². The van der Waals surface area contributed by atoms with E-state index in [-0.39, 0.29) is 33.0 Å². The molecule has 17 heavy (non-hydrogen) atoms. The number of rotatable bonds is 11. The third kappa shape index (κ3) is 14.8. The molecule has 0 heterocycles. The minimum atomic E-state index is -1.58. The summed E-state index contributed by atoms with van der Waals surface area (Å²) in [6.07, 6.45) is -1.58. The Morgan fingerprint density at radius 3 is 2.06 bits per heavy atom. The Bertz CT molecular complexity index is 204. The van der Waals surface area contributed by atoms with Crippen LogP contribution < -0.4 is 5.32 Å². The molecule has 0 aliphatic heterocycles. The van der Waals surface area contributed by atoms with Crippen LogP contribution in [0.5, 0.6) is 0 Å². The van der Waals surface area contributed by atoms with Gasteiger partial charge in [0.2, 0.25) is 0 Å². The molecule has 0 spiro atoms. The van der Waals surface area contributed by atoms with Crippen molar-refractivity contribution in [2.24, 2.45) is 0 Å². The number of carbonyl (C=O) groups is 2. The van der Waals surface area contributed by atoms with E-state index >= 15 is 0 Å². The Morgan fingerprint density at radius 2 is 1.53 bits per heavy atom. The maximum Gasteiger partial charge on any atom is 0.397 e. The van der Waals surface area contributed by atoms with E-state index in [1.165, 1.54) is 0 Å². The third-order valence-electron chi connectivity index (χ3n) is 1.48. The molecule has 0 saturated heterocycles. The van der Waals surface area contributed by atoms with Crippen molar-refractivity contribution in [3.63, 3.8) is 0 Å².